The summed E-state index contributed by atoms with van der Waals surface area (Å²) in [6.45, 7) is 4.27. The standard InChI is InChI=1S/C16H25NO3/c1-4-20-15-9-14(16(15)19-3)17-10-12-6-5-7-13(8-12)11-18-2/h5-8,14-17H,4,9-11H2,1-3H3. The van der Waals surface area contributed by atoms with Crippen molar-refractivity contribution >= 4 is 0 Å². The second-order valence-electron chi connectivity index (χ2n) is 5.17. The summed E-state index contributed by atoms with van der Waals surface area (Å²) in [7, 11) is 3.47. The van der Waals surface area contributed by atoms with Crippen LogP contribution in [0.3, 0.4) is 0 Å². The summed E-state index contributed by atoms with van der Waals surface area (Å²) in [6.07, 6.45) is 1.42. The number of hydrogen-bond donors (Lipinski definition) is 1. The first-order valence-electron chi connectivity index (χ1n) is 7.23. The average Bonchev–Trinajstić information content (AvgIpc) is 2.43. The van der Waals surface area contributed by atoms with Gasteiger partial charge in [-0.1, -0.05) is 24.3 Å². The molecule has 4 heteroatoms. The van der Waals surface area contributed by atoms with Crippen LogP contribution in [0.2, 0.25) is 0 Å². The zero-order valence-corrected chi connectivity index (χ0v) is 12.6. The molecule has 0 bridgehead atoms. The van der Waals surface area contributed by atoms with Crippen LogP contribution in [-0.4, -0.2) is 39.1 Å². The third kappa shape index (κ3) is 3.79. The Kier molecular flexibility index (Phi) is 5.98. The minimum atomic E-state index is 0.164. The molecule has 1 aliphatic rings. The molecule has 4 nitrogen and oxygen atoms in total. The molecule has 3 unspecified atom stereocenters. The maximum Gasteiger partial charge on any atom is 0.0986 e. The normalized spacial score (nSPS) is 25.4. The zero-order valence-electron chi connectivity index (χ0n) is 12.6. The fourth-order valence-electron chi connectivity index (χ4n) is 2.72. The predicted octanol–water partition coefficient (Wildman–Crippen LogP) is 2.12. The lowest BCUT2D eigenvalue weighted by Gasteiger charge is -2.43. The highest BCUT2D eigenvalue weighted by atomic mass is 16.5. The highest BCUT2D eigenvalue weighted by molar-refractivity contribution is 5.23. The average molecular weight is 279 g/mol. The van der Waals surface area contributed by atoms with Crippen molar-refractivity contribution in [2.24, 2.45) is 0 Å². The molecule has 20 heavy (non-hydrogen) atoms. The van der Waals surface area contributed by atoms with Crippen LogP contribution < -0.4 is 5.32 Å². The maximum absolute atomic E-state index is 5.63. The Bertz CT molecular complexity index is 410. The molecule has 1 aromatic rings. The first-order chi connectivity index (χ1) is 9.78. The maximum atomic E-state index is 5.63. The number of ether oxygens (including phenoxy) is 3. The Hall–Kier alpha value is -0.940. The number of benzene rings is 1. The van der Waals surface area contributed by atoms with Crippen LogP contribution in [-0.2, 0) is 27.4 Å². The van der Waals surface area contributed by atoms with Gasteiger partial charge in [0.2, 0.25) is 0 Å². The molecule has 0 spiro atoms. The van der Waals surface area contributed by atoms with Gasteiger partial charge in [-0.25, -0.2) is 0 Å². The van der Waals surface area contributed by atoms with Crippen molar-refractivity contribution in [2.75, 3.05) is 20.8 Å². The van der Waals surface area contributed by atoms with Crippen LogP contribution >= 0.6 is 0 Å². The van der Waals surface area contributed by atoms with Crippen LogP contribution in [0.1, 0.15) is 24.5 Å². The van der Waals surface area contributed by atoms with Gasteiger partial charge in [-0.15, -0.1) is 0 Å². The van der Waals surface area contributed by atoms with Crippen LogP contribution in [0.25, 0.3) is 0 Å². The van der Waals surface area contributed by atoms with E-state index in [1.54, 1.807) is 14.2 Å². The molecule has 0 heterocycles. The van der Waals surface area contributed by atoms with E-state index in [0.717, 1.165) is 19.6 Å². The van der Waals surface area contributed by atoms with Gasteiger partial charge in [-0.3, -0.25) is 0 Å². The first-order valence-corrected chi connectivity index (χ1v) is 7.23. The van der Waals surface area contributed by atoms with Gasteiger partial charge in [0.05, 0.1) is 18.8 Å². The highest BCUT2D eigenvalue weighted by Gasteiger charge is 2.41. The summed E-state index contributed by atoms with van der Waals surface area (Å²) >= 11 is 0. The molecule has 0 aliphatic heterocycles. The minimum Gasteiger partial charge on any atom is -0.380 e. The minimum absolute atomic E-state index is 0.164. The van der Waals surface area contributed by atoms with E-state index in [1.807, 2.05) is 6.92 Å². The molecule has 1 aliphatic carbocycles. The van der Waals surface area contributed by atoms with Gasteiger partial charge in [0, 0.05) is 33.4 Å². The SMILES string of the molecule is CCOC1CC(NCc2cccc(COC)c2)C1OC. The van der Waals surface area contributed by atoms with Crippen molar-refractivity contribution in [1.82, 2.24) is 5.32 Å². The molecule has 1 fully saturated rings. The summed E-state index contributed by atoms with van der Waals surface area (Å²) < 4.78 is 16.3. The number of rotatable bonds is 8. The number of nitrogens with one attached hydrogen (secondary N) is 1. The van der Waals surface area contributed by atoms with Gasteiger partial charge in [0.25, 0.3) is 0 Å². The van der Waals surface area contributed by atoms with Crippen LogP contribution in [0.15, 0.2) is 24.3 Å². The van der Waals surface area contributed by atoms with E-state index >= 15 is 0 Å². The second-order valence-corrected chi connectivity index (χ2v) is 5.17. The third-order valence-electron chi connectivity index (χ3n) is 3.77. The summed E-state index contributed by atoms with van der Waals surface area (Å²) in [5.41, 5.74) is 2.48. The smallest absolute Gasteiger partial charge is 0.0986 e. The number of hydrogen-bond acceptors (Lipinski definition) is 4. The van der Waals surface area contributed by atoms with Crippen LogP contribution in [0, 0.1) is 0 Å². The molecule has 3 atom stereocenters. The molecule has 2 rings (SSSR count). The fourth-order valence-corrected chi connectivity index (χ4v) is 2.72. The Balaban J connectivity index is 1.82. The van der Waals surface area contributed by atoms with Gasteiger partial charge in [-0.05, 0) is 24.5 Å². The molecule has 0 amide bonds. The van der Waals surface area contributed by atoms with Gasteiger partial charge < -0.3 is 19.5 Å². The van der Waals surface area contributed by atoms with E-state index < -0.39 is 0 Å². The molecular weight excluding hydrogens is 254 g/mol. The third-order valence-corrected chi connectivity index (χ3v) is 3.77. The molecule has 1 aromatic carbocycles. The van der Waals surface area contributed by atoms with Crippen molar-refractivity contribution in [3.05, 3.63) is 35.4 Å². The molecule has 0 saturated heterocycles. The lowest BCUT2D eigenvalue weighted by Crippen LogP contribution is -2.59. The lowest BCUT2D eigenvalue weighted by atomic mass is 9.85. The number of methoxy groups -OCH3 is 2. The topological polar surface area (TPSA) is 39.7 Å². The van der Waals surface area contributed by atoms with Crippen LogP contribution in [0.4, 0.5) is 0 Å². The van der Waals surface area contributed by atoms with E-state index in [0.29, 0.717) is 12.6 Å². The summed E-state index contributed by atoms with van der Waals surface area (Å²) in [5.74, 6) is 0. The van der Waals surface area contributed by atoms with Crippen LogP contribution in [0.5, 0.6) is 0 Å². The lowest BCUT2D eigenvalue weighted by molar-refractivity contribution is -0.131. The van der Waals surface area contributed by atoms with Crippen molar-refractivity contribution in [1.29, 1.82) is 0 Å². The summed E-state index contributed by atoms with van der Waals surface area (Å²) in [5, 5.41) is 3.55. The Morgan fingerprint density at radius 2 is 2.05 bits per heavy atom. The molecule has 0 radical (unpaired) electrons. The summed E-state index contributed by atoms with van der Waals surface area (Å²) in [6, 6.07) is 8.84. The van der Waals surface area contributed by atoms with Crippen molar-refractivity contribution in [2.45, 2.75) is 44.7 Å². The van der Waals surface area contributed by atoms with Gasteiger partial charge in [-0.2, -0.15) is 0 Å². The van der Waals surface area contributed by atoms with E-state index in [9.17, 15) is 0 Å². The Morgan fingerprint density at radius 1 is 1.25 bits per heavy atom. The Labute approximate surface area is 121 Å². The van der Waals surface area contributed by atoms with E-state index in [2.05, 4.69) is 29.6 Å². The second kappa shape index (κ2) is 7.74. The first kappa shape index (κ1) is 15.4. The highest BCUT2D eigenvalue weighted by Crippen LogP contribution is 2.27. The van der Waals surface area contributed by atoms with E-state index in [4.69, 9.17) is 14.2 Å². The van der Waals surface area contributed by atoms with Gasteiger partial charge in [0.1, 0.15) is 0 Å². The van der Waals surface area contributed by atoms with E-state index in [-0.39, 0.29) is 12.2 Å². The zero-order chi connectivity index (χ0) is 14.4. The van der Waals surface area contributed by atoms with Crippen molar-refractivity contribution in [3.63, 3.8) is 0 Å². The van der Waals surface area contributed by atoms with Gasteiger partial charge in [0.15, 0.2) is 0 Å². The fraction of sp³-hybridized carbons (Fsp3) is 0.625. The summed E-state index contributed by atoms with van der Waals surface area (Å²) in [4.78, 5) is 0. The van der Waals surface area contributed by atoms with E-state index in [1.165, 1.54) is 11.1 Å². The molecule has 112 valence electrons. The van der Waals surface area contributed by atoms with Crippen molar-refractivity contribution in [3.8, 4) is 0 Å². The van der Waals surface area contributed by atoms with Gasteiger partial charge >= 0.3 is 0 Å². The molecule has 1 saturated carbocycles. The molecule has 0 aromatic heterocycles. The Morgan fingerprint density at radius 3 is 2.75 bits per heavy atom. The molecule has 1 N–H and O–H groups in total. The largest absolute Gasteiger partial charge is 0.380 e. The molecular formula is C16H25NO3. The monoisotopic (exact) mass is 279 g/mol. The quantitative estimate of drug-likeness (QED) is 0.791. The predicted molar refractivity (Wildman–Crippen MR) is 78.6 cm³/mol. The van der Waals surface area contributed by atoms with Crippen molar-refractivity contribution < 1.29 is 14.2 Å².